The fourth-order valence-electron chi connectivity index (χ4n) is 5.29. The number of carbonyl (C=O) groups excluding carboxylic acids is 3. The topological polar surface area (TPSA) is 128 Å². The molecule has 9 nitrogen and oxygen atoms in total. The van der Waals surface area contributed by atoms with Gasteiger partial charge in [-0.1, -0.05) is 48.5 Å². The van der Waals surface area contributed by atoms with Crippen molar-refractivity contribution in [1.29, 1.82) is 0 Å². The summed E-state index contributed by atoms with van der Waals surface area (Å²) in [4.78, 5) is 42.3. The van der Waals surface area contributed by atoms with E-state index < -0.39 is 17.7 Å². The van der Waals surface area contributed by atoms with Crippen LogP contribution in [0.1, 0.15) is 21.8 Å². The number of nitrogens with one attached hydrogen (secondary N) is 1. The Morgan fingerprint density at radius 3 is 1.62 bits per heavy atom. The predicted molar refractivity (Wildman–Crippen MR) is 176 cm³/mol. The molecule has 0 spiro atoms. The summed E-state index contributed by atoms with van der Waals surface area (Å²) in [5.41, 5.74) is 16.1. The Morgan fingerprint density at radius 2 is 1.11 bits per heavy atom. The van der Waals surface area contributed by atoms with Crippen LogP contribution in [0.2, 0.25) is 0 Å². The Kier molecular flexibility index (Phi) is 7.98. The summed E-state index contributed by atoms with van der Waals surface area (Å²) < 4.78 is 3.81. The molecular weight excluding hydrogens is 564 g/mol. The Morgan fingerprint density at radius 1 is 0.622 bits per heavy atom. The summed E-state index contributed by atoms with van der Waals surface area (Å²) in [6.45, 7) is 0. The lowest BCUT2D eigenvalue weighted by atomic mass is 9.94. The monoisotopic (exact) mass is 594 g/mol. The second-order valence-electron chi connectivity index (χ2n) is 10.3. The summed E-state index contributed by atoms with van der Waals surface area (Å²) in [6.07, 6.45) is 7.55. The van der Waals surface area contributed by atoms with Crippen molar-refractivity contribution in [1.82, 2.24) is 9.13 Å². The number of carbonyl (C=O) groups is 3. The minimum Gasteiger partial charge on any atom is -0.397 e. The number of nitrogens with zero attached hydrogens (tertiary/aromatic N) is 3. The molecule has 0 saturated heterocycles. The average Bonchev–Trinajstić information content (AvgIpc) is 3.79. The zero-order valence-electron chi connectivity index (χ0n) is 24.2. The van der Waals surface area contributed by atoms with Crippen molar-refractivity contribution in [3.63, 3.8) is 0 Å². The average molecular weight is 595 g/mol. The van der Waals surface area contributed by atoms with Gasteiger partial charge in [-0.25, -0.2) is 0 Å². The summed E-state index contributed by atoms with van der Waals surface area (Å²) in [7, 11) is 0. The number of rotatable bonds is 9. The summed E-state index contributed by atoms with van der Waals surface area (Å²) >= 11 is 0. The van der Waals surface area contributed by atoms with E-state index in [2.05, 4.69) is 5.32 Å². The molecule has 0 fully saturated rings. The van der Waals surface area contributed by atoms with Crippen molar-refractivity contribution in [2.24, 2.45) is 5.73 Å². The van der Waals surface area contributed by atoms with Crippen molar-refractivity contribution < 1.29 is 14.4 Å². The van der Waals surface area contributed by atoms with Gasteiger partial charge in [0.15, 0.2) is 0 Å². The molecule has 6 rings (SSSR count). The molecule has 0 aliphatic rings. The van der Waals surface area contributed by atoms with Crippen LogP contribution in [-0.4, -0.2) is 26.9 Å². The van der Waals surface area contributed by atoms with Crippen LogP contribution >= 0.6 is 0 Å². The first-order valence-corrected chi connectivity index (χ1v) is 14.3. The molecule has 0 aliphatic heterocycles. The fourth-order valence-corrected chi connectivity index (χ4v) is 5.29. The summed E-state index contributed by atoms with van der Waals surface area (Å²) in [5.74, 6) is -3.11. The number of nitrogen functional groups attached to an aromatic ring is 1. The van der Waals surface area contributed by atoms with E-state index in [-0.39, 0.29) is 5.91 Å². The number of aromatic nitrogens is 2. The number of anilines is 4. The molecule has 2 aromatic heterocycles. The number of amides is 3. The quantitative estimate of drug-likeness (QED) is 0.139. The number of hydrogen-bond acceptors (Lipinski definition) is 4. The summed E-state index contributed by atoms with van der Waals surface area (Å²) in [6, 6.07) is 35.7. The molecule has 0 saturated carbocycles. The lowest BCUT2D eigenvalue weighted by molar-refractivity contribution is -0.128. The number of benzene rings is 4. The summed E-state index contributed by atoms with van der Waals surface area (Å²) in [5, 5.41) is 2.79. The highest BCUT2D eigenvalue weighted by molar-refractivity contribution is 6.16. The maximum Gasteiger partial charge on any atom is 0.255 e. The zero-order chi connectivity index (χ0) is 31.3. The second-order valence-corrected chi connectivity index (χ2v) is 10.3. The van der Waals surface area contributed by atoms with E-state index >= 15 is 0 Å². The first-order chi connectivity index (χ1) is 21.9. The van der Waals surface area contributed by atoms with E-state index in [1.54, 1.807) is 53.4 Å². The van der Waals surface area contributed by atoms with Crippen LogP contribution in [0.4, 0.5) is 22.7 Å². The van der Waals surface area contributed by atoms with Gasteiger partial charge in [-0.3, -0.25) is 19.3 Å². The molecule has 0 bridgehead atoms. The van der Waals surface area contributed by atoms with Gasteiger partial charge in [-0.05, 0) is 78.4 Å². The molecule has 1 atom stereocenters. The third-order valence-corrected chi connectivity index (χ3v) is 7.48. The first-order valence-electron chi connectivity index (χ1n) is 14.3. The molecule has 3 amide bonds. The highest BCUT2D eigenvalue weighted by Gasteiger charge is 2.35. The van der Waals surface area contributed by atoms with Crippen LogP contribution in [-0.2, 0) is 9.59 Å². The number of para-hydroxylation sites is 6. The minimum absolute atomic E-state index is 0.324. The van der Waals surface area contributed by atoms with Gasteiger partial charge in [0.25, 0.3) is 5.91 Å². The molecule has 5 N–H and O–H groups in total. The first kappa shape index (κ1) is 28.8. The minimum atomic E-state index is -1.36. The van der Waals surface area contributed by atoms with Gasteiger partial charge in [-0.2, -0.15) is 0 Å². The van der Waals surface area contributed by atoms with E-state index in [0.29, 0.717) is 33.9 Å². The van der Waals surface area contributed by atoms with Crippen LogP contribution in [0.15, 0.2) is 146 Å². The van der Waals surface area contributed by atoms with Gasteiger partial charge in [0, 0.05) is 30.4 Å². The molecule has 1 unspecified atom stereocenters. The van der Waals surface area contributed by atoms with Gasteiger partial charge in [0.1, 0.15) is 5.92 Å². The largest absolute Gasteiger partial charge is 0.397 e. The number of nitrogens with two attached hydrogens (primary N) is 2. The Labute approximate surface area is 259 Å². The number of hydrogen-bond donors (Lipinski definition) is 3. The molecule has 0 radical (unpaired) electrons. The van der Waals surface area contributed by atoms with Gasteiger partial charge >= 0.3 is 0 Å². The highest BCUT2D eigenvalue weighted by atomic mass is 16.2. The smallest absolute Gasteiger partial charge is 0.255 e. The third-order valence-electron chi connectivity index (χ3n) is 7.48. The number of primary amides is 1. The van der Waals surface area contributed by atoms with Crippen LogP contribution in [0.3, 0.4) is 0 Å². The Bertz CT molecular complexity index is 1890. The lowest BCUT2D eigenvalue weighted by Gasteiger charge is -2.30. The fraction of sp³-hybridized carbons (Fsp3) is 0.0278. The van der Waals surface area contributed by atoms with E-state index in [1.807, 2.05) is 107 Å². The zero-order valence-corrected chi connectivity index (χ0v) is 24.2. The van der Waals surface area contributed by atoms with Crippen molar-refractivity contribution in [2.75, 3.05) is 16.0 Å². The van der Waals surface area contributed by atoms with E-state index in [9.17, 15) is 14.4 Å². The molecular formula is C36H30N6O3. The molecule has 9 heteroatoms. The van der Waals surface area contributed by atoms with E-state index in [0.717, 1.165) is 11.4 Å². The molecule has 0 aliphatic carbocycles. The van der Waals surface area contributed by atoms with E-state index in [4.69, 9.17) is 11.5 Å². The molecule has 2 heterocycles. The van der Waals surface area contributed by atoms with Crippen molar-refractivity contribution >= 4 is 40.5 Å². The van der Waals surface area contributed by atoms with Gasteiger partial charge in [-0.15, -0.1) is 0 Å². The third kappa shape index (κ3) is 5.82. The van der Waals surface area contributed by atoms with Crippen molar-refractivity contribution in [2.45, 2.75) is 5.92 Å². The standard InChI is InChI=1S/C36H30N6O3/c37-27-11-1-2-12-28(27)39-35(44)26-19-17-25(18-20-26)33(34(38)43)36(45)42(31-15-5-3-13-29(31)40-21-7-8-22-40)32-16-6-4-14-30(32)41-23-9-10-24-41/h1-24,33H,37H2,(H2,38,43)(H,39,44). The van der Waals surface area contributed by atoms with Gasteiger partial charge in [0.05, 0.1) is 34.1 Å². The van der Waals surface area contributed by atoms with Crippen LogP contribution in [0.25, 0.3) is 11.4 Å². The maximum atomic E-state index is 14.7. The van der Waals surface area contributed by atoms with Crippen LogP contribution in [0, 0.1) is 0 Å². The maximum absolute atomic E-state index is 14.7. The molecule has 4 aromatic carbocycles. The van der Waals surface area contributed by atoms with Gasteiger partial charge in [0.2, 0.25) is 11.8 Å². The highest BCUT2D eigenvalue weighted by Crippen LogP contribution is 2.38. The predicted octanol–water partition coefficient (Wildman–Crippen LogP) is 6.04. The van der Waals surface area contributed by atoms with E-state index in [1.165, 1.54) is 0 Å². The Balaban J connectivity index is 1.43. The van der Waals surface area contributed by atoms with Crippen molar-refractivity contribution in [3.8, 4) is 11.4 Å². The molecule has 222 valence electrons. The normalized spacial score (nSPS) is 11.5. The van der Waals surface area contributed by atoms with Crippen LogP contribution < -0.4 is 21.7 Å². The lowest BCUT2D eigenvalue weighted by Crippen LogP contribution is -2.39. The SMILES string of the molecule is NC(=O)C(C(=O)N(c1ccccc1-n1cccc1)c1ccccc1-n1cccc1)c1ccc(C(=O)Nc2ccccc2N)cc1. The second kappa shape index (κ2) is 12.5. The molecule has 6 aromatic rings. The molecule has 45 heavy (non-hydrogen) atoms. The van der Waals surface area contributed by atoms with Crippen molar-refractivity contribution in [3.05, 3.63) is 157 Å². The van der Waals surface area contributed by atoms with Gasteiger partial charge < -0.3 is 25.9 Å². The van der Waals surface area contributed by atoms with Crippen LogP contribution in [0.5, 0.6) is 0 Å². The Hall–Kier alpha value is -6.35.